The molecule has 0 saturated carbocycles. The molecule has 4 rings (SSSR count). The maximum Gasteiger partial charge on any atom is 0.254 e. The predicted molar refractivity (Wildman–Crippen MR) is 131 cm³/mol. The van der Waals surface area contributed by atoms with Gasteiger partial charge >= 0.3 is 0 Å². The van der Waals surface area contributed by atoms with Gasteiger partial charge in [0, 0.05) is 71.5 Å². The third-order valence-corrected chi connectivity index (χ3v) is 5.93. The van der Waals surface area contributed by atoms with Crippen molar-refractivity contribution < 1.29 is 4.79 Å². The Hall–Kier alpha value is -3.30. The number of nitrogens with two attached hydrogens (primary N) is 1. The molecule has 8 nitrogen and oxygen atoms in total. The molecule has 0 atom stereocenters. The molecule has 0 unspecified atom stereocenters. The highest BCUT2D eigenvalue weighted by Gasteiger charge is 2.21. The number of piperazine rings is 1. The van der Waals surface area contributed by atoms with Gasteiger partial charge in [0.05, 0.1) is 5.52 Å². The summed E-state index contributed by atoms with van der Waals surface area (Å²) in [5.41, 5.74) is 8.89. The standard InChI is InChI=1S/C23H24BrN7O/c1-30-4-6-31(7-5-30)22(32)16-8-15(18(12-25)13-26)10-20(11-16)28-23-27-14-17-9-19(24)2-3-21(17)29-23/h2-3,8-14,25H,4-7,26H2,1H3,(H,27,28,29)/b18-13+,25-12?. The van der Waals surface area contributed by atoms with Gasteiger partial charge < -0.3 is 26.3 Å². The number of anilines is 2. The molecule has 32 heavy (non-hydrogen) atoms. The number of hydrogen-bond acceptors (Lipinski definition) is 7. The van der Waals surface area contributed by atoms with Crippen molar-refractivity contribution in [2.75, 3.05) is 38.5 Å². The monoisotopic (exact) mass is 493 g/mol. The predicted octanol–water partition coefficient (Wildman–Crippen LogP) is 3.47. The number of aromatic nitrogens is 2. The fourth-order valence-corrected chi connectivity index (χ4v) is 3.98. The van der Waals surface area contributed by atoms with Gasteiger partial charge in [0.15, 0.2) is 0 Å². The van der Waals surface area contributed by atoms with Gasteiger partial charge in [0.2, 0.25) is 5.95 Å². The largest absolute Gasteiger partial charge is 0.404 e. The number of hydrogen-bond donors (Lipinski definition) is 3. The van der Waals surface area contributed by atoms with Gasteiger partial charge in [-0.3, -0.25) is 4.79 Å². The van der Waals surface area contributed by atoms with Crippen molar-refractivity contribution >= 4 is 56.2 Å². The van der Waals surface area contributed by atoms with Gasteiger partial charge in [-0.15, -0.1) is 0 Å². The maximum absolute atomic E-state index is 13.2. The number of rotatable bonds is 5. The number of nitrogens with zero attached hydrogens (tertiary/aromatic N) is 4. The van der Waals surface area contributed by atoms with Crippen molar-refractivity contribution in [2.24, 2.45) is 5.73 Å². The highest BCUT2D eigenvalue weighted by Crippen LogP contribution is 2.25. The van der Waals surface area contributed by atoms with Crippen LogP contribution in [0.4, 0.5) is 11.6 Å². The van der Waals surface area contributed by atoms with Crippen molar-refractivity contribution in [2.45, 2.75) is 0 Å². The summed E-state index contributed by atoms with van der Waals surface area (Å²) in [4.78, 5) is 26.2. The molecule has 0 bridgehead atoms. The van der Waals surface area contributed by atoms with Gasteiger partial charge in [-0.2, -0.15) is 0 Å². The van der Waals surface area contributed by atoms with Crippen molar-refractivity contribution in [1.29, 1.82) is 5.41 Å². The SMILES string of the molecule is CN1CCN(C(=O)c2cc(Nc3ncc4cc(Br)ccc4n3)cc(/C(C=N)=C/N)c2)CC1. The molecule has 3 aromatic rings. The minimum absolute atomic E-state index is 0.0476. The van der Waals surface area contributed by atoms with E-state index in [4.69, 9.17) is 11.1 Å². The number of nitrogens with one attached hydrogen (secondary N) is 2. The van der Waals surface area contributed by atoms with E-state index in [0.29, 0.717) is 41.4 Å². The molecule has 1 aliphatic heterocycles. The molecule has 1 fully saturated rings. The third kappa shape index (κ3) is 4.79. The summed E-state index contributed by atoms with van der Waals surface area (Å²) in [7, 11) is 2.05. The third-order valence-electron chi connectivity index (χ3n) is 5.44. The minimum atomic E-state index is -0.0476. The Balaban J connectivity index is 1.68. The van der Waals surface area contributed by atoms with E-state index in [1.54, 1.807) is 18.3 Å². The average Bonchev–Trinajstić information content (AvgIpc) is 2.80. The molecule has 2 heterocycles. The first kappa shape index (κ1) is 21.9. The smallest absolute Gasteiger partial charge is 0.254 e. The van der Waals surface area contributed by atoms with Crippen molar-refractivity contribution in [3.8, 4) is 0 Å². The number of likely N-dealkylation sites (N-methyl/N-ethyl adjacent to an activating group) is 1. The van der Waals surface area contributed by atoms with Crippen LogP contribution in [0, 0.1) is 5.41 Å². The molecule has 0 aliphatic carbocycles. The molecule has 0 radical (unpaired) electrons. The topological polar surface area (TPSA) is 111 Å². The van der Waals surface area contributed by atoms with Crippen LogP contribution in [0.1, 0.15) is 15.9 Å². The quantitative estimate of drug-likeness (QED) is 0.469. The van der Waals surface area contributed by atoms with E-state index in [1.807, 2.05) is 29.2 Å². The molecular formula is C23H24BrN7O. The van der Waals surface area contributed by atoms with E-state index in [2.05, 4.69) is 43.2 Å². The zero-order chi connectivity index (χ0) is 22.7. The fraction of sp³-hybridized carbons (Fsp3) is 0.217. The minimum Gasteiger partial charge on any atom is -0.404 e. The summed E-state index contributed by atoms with van der Waals surface area (Å²) in [5, 5.41) is 11.8. The zero-order valence-electron chi connectivity index (χ0n) is 17.7. The van der Waals surface area contributed by atoms with E-state index >= 15 is 0 Å². The van der Waals surface area contributed by atoms with Gasteiger partial charge in [-0.05, 0) is 49.0 Å². The number of benzene rings is 2. The second-order valence-corrected chi connectivity index (χ2v) is 8.60. The Kier molecular flexibility index (Phi) is 6.48. The van der Waals surface area contributed by atoms with Crippen molar-refractivity contribution in [1.82, 2.24) is 19.8 Å². The van der Waals surface area contributed by atoms with Gasteiger partial charge in [0.1, 0.15) is 0 Å². The number of allylic oxidation sites excluding steroid dienone is 1. The highest BCUT2D eigenvalue weighted by molar-refractivity contribution is 9.10. The summed E-state index contributed by atoms with van der Waals surface area (Å²) in [6, 6.07) is 11.2. The van der Waals surface area contributed by atoms with Crippen LogP contribution in [0.25, 0.3) is 16.5 Å². The van der Waals surface area contributed by atoms with Crippen LogP contribution in [0.2, 0.25) is 0 Å². The highest BCUT2D eigenvalue weighted by atomic mass is 79.9. The molecule has 4 N–H and O–H groups in total. The van der Waals surface area contributed by atoms with Gasteiger partial charge in [0.25, 0.3) is 5.91 Å². The first-order valence-electron chi connectivity index (χ1n) is 10.2. The Bertz CT molecular complexity index is 1200. The van der Waals surface area contributed by atoms with Gasteiger partial charge in [-0.1, -0.05) is 15.9 Å². The van der Waals surface area contributed by atoms with Crippen LogP contribution in [-0.4, -0.2) is 65.1 Å². The molecule has 0 spiro atoms. The van der Waals surface area contributed by atoms with E-state index in [-0.39, 0.29) is 5.91 Å². The molecule has 9 heteroatoms. The number of halogens is 1. The Labute approximate surface area is 194 Å². The average molecular weight is 494 g/mol. The number of carbonyl (C=O) groups excluding carboxylic acids is 1. The Morgan fingerprint density at radius 2 is 1.91 bits per heavy atom. The van der Waals surface area contributed by atoms with Crippen LogP contribution in [0.15, 0.2) is 53.3 Å². The number of amides is 1. The maximum atomic E-state index is 13.2. The second kappa shape index (κ2) is 9.46. The first-order valence-corrected chi connectivity index (χ1v) is 11.0. The number of carbonyl (C=O) groups is 1. The van der Waals surface area contributed by atoms with Crippen LogP contribution in [0.5, 0.6) is 0 Å². The van der Waals surface area contributed by atoms with Gasteiger partial charge in [-0.25, -0.2) is 9.97 Å². The molecule has 164 valence electrons. The lowest BCUT2D eigenvalue weighted by Gasteiger charge is -2.32. The summed E-state index contributed by atoms with van der Waals surface area (Å²) in [5.74, 6) is 0.372. The summed E-state index contributed by atoms with van der Waals surface area (Å²) >= 11 is 3.45. The molecule has 1 aromatic heterocycles. The lowest BCUT2D eigenvalue weighted by Crippen LogP contribution is -2.47. The van der Waals surface area contributed by atoms with Crippen molar-refractivity contribution in [3.63, 3.8) is 0 Å². The lowest BCUT2D eigenvalue weighted by atomic mass is 10.0. The summed E-state index contributed by atoms with van der Waals surface area (Å²) in [6.45, 7) is 3.03. The fourth-order valence-electron chi connectivity index (χ4n) is 3.60. The second-order valence-electron chi connectivity index (χ2n) is 7.68. The van der Waals surface area contributed by atoms with E-state index in [9.17, 15) is 4.79 Å². The first-order chi connectivity index (χ1) is 15.5. The van der Waals surface area contributed by atoms with Crippen LogP contribution >= 0.6 is 15.9 Å². The van der Waals surface area contributed by atoms with E-state index < -0.39 is 0 Å². The Morgan fingerprint density at radius 1 is 1.16 bits per heavy atom. The molecule has 1 aliphatic rings. The number of fused-ring (bicyclic) bond motifs is 1. The van der Waals surface area contributed by atoms with Crippen LogP contribution in [0.3, 0.4) is 0 Å². The molecule has 2 aromatic carbocycles. The van der Waals surface area contributed by atoms with Crippen molar-refractivity contribution in [3.05, 3.63) is 64.4 Å². The van der Waals surface area contributed by atoms with Crippen LogP contribution in [-0.2, 0) is 0 Å². The zero-order valence-corrected chi connectivity index (χ0v) is 19.3. The summed E-state index contributed by atoms with van der Waals surface area (Å²) in [6.07, 6.45) is 4.28. The van der Waals surface area contributed by atoms with Crippen LogP contribution < -0.4 is 11.1 Å². The molecule has 1 amide bonds. The van der Waals surface area contributed by atoms with E-state index in [1.165, 1.54) is 12.4 Å². The summed E-state index contributed by atoms with van der Waals surface area (Å²) < 4.78 is 0.960. The van der Waals surface area contributed by atoms with E-state index in [0.717, 1.165) is 28.5 Å². The molecular weight excluding hydrogens is 470 g/mol. The lowest BCUT2D eigenvalue weighted by molar-refractivity contribution is 0.0664. The molecule has 1 saturated heterocycles. The Morgan fingerprint density at radius 3 is 2.62 bits per heavy atom. The normalized spacial score (nSPS) is 15.1.